The Morgan fingerprint density at radius 3 is 3.12 bits per heavy atom. The summed E-state index contributed by atoms with van der Waals surface area (Å²) >= 11 is 5.75. The molecule has 0 radical (unpaired) electrons. The highest BCUT2D eigenvalue weighted by Gasteiger charge is 2.16. The average molecular weight is 242 g/mol. The second-order valence-corrected chi connectivity index (χ2v) is 4.39. The monoisotopic (exact) mass is 241 g/mol. The van der Waals surface area contributed by atoms with E-state index in [1.54, 1.807) is 6.20 Å². The van der Waals surface area contributed by atoms with Gasteiger partial charge in [0.1, 0.15) is 5.82 Å². The number of likely N-dealkylation sites (N-methyl/N-ethyl adjacent to an activating group) is 1. The molecular weight excluding hydrogens is 226 g/mol. The first-order valence-corrected chi connectivity index (χ1v) is 5.95. The van der Waals surface area contributed by atoms with Crippen LogP contribution in [0.1, 0.15) is 19.3 Å². The van der Waals surface area contributed by atoms with Crippen molar-refractivity contribution in [2.75, 3.05) is 25.1 Å². The molecule has 0 spiro atoms. The molecule has 1 aromatic rings. The molecule has 1 saturated heterocycles. The standard InChI is InChI=1S/C11H16ClN3O/c1-15(8-9-4-2-3-7-16-9)10-5-6-13-11(12)14-10/h5-6,9H,2-4,7-8H2,1H3/t9-/m1/s1. The second kappa shape index (κ2) is 5.46. The van der Waals surface area contributed by atoms with Crippen molar-refractivity contribution >= 4 is 17.4 Å². The maximum absolute atomic E-state index is 5.75. The summed E-state index contributed by atoms with van der Waals surface area (Å²) in [4.78, 5) is 10.1. The molecule has 1 atom stereocenters. The molecule has 1 aliphatic rings. The maximum atomic E-state index is 5.75. The number of anilines is 1. The van der Waals surface area contributed by atoms with Crippen molar-refractivity contribution in [3.63, 3.8) is 0 Å². The summed E-state index contributed by atoms with van der Waals surface area (Å²) in [6.45, 7) is 1.73. The fourth-order valence-corrected chi connectivity index (χ4v) is 2.03. The largest absolute Gasteiger partial charge is 0.376 e. The minimum absolute atomic E-state index is 0.286. The number of hydrogen-bond acceptors (Lipinski definition) is 4. The van der Waals surface area contributed by atoms with E-state index in [0.717, 1.165) is 25.4 Å². The predicted molar refractivity (Wildman–Crippen MR) is 63.9 cm³/mol. The maximum Gasteiger partial charge on any atom is 0.224 e. The second-order valence-electron chi connectivity index (χ2n) is 4.05. The van der Waals surface area contributed by atoms with Crippen molar-refractivity contribution in [2.24, 2.45) is 0 Å². The Bertz CT molecular complexity index is 342. The molecule has 0 aliphatic carbocycles. The van der Waals surface area contributed by atoms with E-state index >= 15 is 0 Å². The van der Waals surface area contributed by atoms with Gasteiger partial charge >= 0.3 is 0 Å². The Morgan fingerprint density at radius 1 is 1.56 bits per heavy atom. The fraction of sp³-hybridized carbons (Fsp3) is 0.636. The van der Waals surface area contributed by atoms with Gasteiger partial charge in [0.2, 0.25) is 5.28 Å². The molecule has 4 nitrogen and oxygen atoms in total. The number of halogens is 1. The topological polar surface area (TPSA) is 38.2 Å². The minimum Gasteiger partial charge on any atom is -0.376 e. The third-order valence-electron chi connectivity index (χ3n) is 2.75. The van der Waals surface area contributed by atoms with Gasteiger partial charge in [-0.2, -0.15) is 0 Å². The van der Waals surface area contributed by atoms with Crippen LogP contribution >= 0.6 is 11.6 Å². The van der Waals surface area contributed by atoms with Crippen LogP contribution in [0, 0.1) is 0 Å². The molecule has 0 unspecified atom stereocenters. The number of hydrogen-bond donors (Lipinski definition) is 0. The van der Waals surface area contributed by atoms with Crippen LogP contribution in [0.2, 0.25) is 5.28 Å². The van der Waals surface area contributed by atoms with Crippen LogP contribution in [0.15, 0.2) is 12.3 Å². The quantitative estimate of drug-likeness (QED) is 0.760. The molecule has 0 saturated carbocycles. The number of rotatable bonds is 3. The molecule has 88 valence electrons. The summed E-state index contributed by atoms with van der Waals surface area (Å²) in [5.74, 6) is 0.842. The average Bonchev–Trinajstić information content (AvgIpc) is 2.30. The highest BCUT2D eigenvalue weighted by molar-refractivity contribution is 6.28. The van der Waals surface area contributed by atoms with Crippen LogP contribution in [0.3, 0.4) is 0 Å². The van der Waals surface area contributed by atoms with Crippen molar-refractivity contribution in [3.8, 4) is 0 Å². The first-order valence-electron chi connectivity index (χ1n) is 5.57. The van der Waals surface area contributed by atoms with E-state index in [9.17, 15) is 0 Å². The zero-order valence-electron chi connectivity index (χ0n) is 9.40. The van der Waals surface area contributed by atoms with Gasteiger partial charge in [-0.05, 0) is 36.9 Å². The van der Waals surface area contributed by atoms with Crippen LogP contribution in [-0.4, -0.2) is 36.3 Å². The lowest BCUT2D eigenvalue weighted by molar-refractivity contribution is 0.0215. The van der Waals surface area contributed by atoms with Gasteiger partial charge in [0.05, 0.1) is 6.10 Å². The molecule has 16 heavy (non-hydrogen) atoms. The highest BCUT2D eigenvalue weighted by Crippen LogP contribution is 2.16. The molecule has 2 rings (SSSR count). The molecule has 1 fully saturated rings. The summed E-state index contributed by atoms with van der Waals surface area (Å²) in [6.07, 6.45) is 5.54. The van der Waals surface area contributed by atoms with Gasteiger partial charge in [0.25, 0.3) is 0 Å². The van der Waals surface area contributed by atoms with E-state index in [-0.39, 0.29) is 5.28 Å². The first-order chi connectivity index (χ1) is 7.75. The summed E-state index contributed by atoms with van der Waals surface area (Å²) in [7, 11) is 2.00. The summed E-state index contributed by atoms with van der Waals surface area (Å²) < 4.78 is 5.68. The Hall–Kier alpha value is -0.870. The lowest BCUT2D eigenvalue weighted by atomic mass is 10.1. The zero-order chi connectivity index (χ0) is 11.4. The smallest absolute Gasteiger partial charge is 0.224 e. The summed E-state index contributed by atoms with van der Waals surface area (Å²) in [5.41, 5.74) is 0. The number of aromatic nitrogens is 2. The van der Waals surface area contributed by atoms with Crippen molar-refractivity contribution < 1.29 is 4.74 Å². The number of ether oxygens (including phenoxy) is 1. The van der Waals surface area contributed by atoms with Gasteiger partial charge in [-0.1, -0.05) is 0 Å². The molecular formula is C11H16ClN3O. The van der Waals surface area contributed by atoms with Crippen molar-refractivity contribution in [1.29, 1.82) is 0 Å². The van der Waals surface area contributed by atoms with E-state index in [2.05, 4.69) is 14.9 Å². The number of nitrogens with zero attached hydrogens (tertiary/aromatic N) is 3. The van der Waals surface area contributed by atoms with Gasteiger partial charge in [-0.25, -0.2) is 9.97 Å². The zero-order valence-corrected chi connectivity index (χ0v) is 10.2. The van der Waals surface area contributed by atoms with Crippen LogP contribution in [0.25, 0.3) is 0 Å². The molecule has 0 bridgehead atoms. The molecule has 5 heteroatoms. The highest BCUT2D eigenvalue weighted by atomic mass is 35.5. The lowest BCUT2D eigenvalue weighted by Gasteiger charge is -2.27. The van der Waals surface area contributed by atoms with E-state index in [1.807, 2.05) is 13.1 Å². The van der Waals surface area contributed by atoms with Crippen LogP contribution in [0.4, 0.5) is 5.82 Å². The third-order valence-corrected chi connectivity index (χ3v) is 2.94. The van der Waals surface area contributed by atoms with Gasteiger partial charge in [0.15, 0.2) is 0 Å². The molecule has 0 amide bonds. The summed E-state index contributed by atoms with van der Waals surface area (Å²) in [6, 6.07) is 1.86. The van der Waals surface area contributed by atoms with Gasteiger partial charge in [-0.15, -0.1) is 0 Å². The van der Waals surface area contributed by atoms with Crippen LogP contribution < -0.4 is 4.90 Å². The van der Waals surface area contributed by atoms with E-state index in [4.69, 9.17) is 16.3 Å². The Balaban J connectivity index is 1.94. The van der Waals surface area contributed by atoms with Crippen molar-refractivity contribution in [1.82, 2.24) is 9.97 Å². The van der Waals surface area contributed by atoms with Gasteiger partial charge in [-0.3, -0.25) is 0 Å². The van der Waals surface area contributed by atoms with Crippen LogP contribution in [-0.2, 0) is 4.74 Å². The molecule has 0 aromatic carbocycles. The van der Waals surface area contributed by atoms with E-state index in [1.165, 1.54) is 12.8 Å². The third kappa shape index (κ3) is 3.06. The van der Waals surface area contributed by atoms with Crippen LogP contribution in [0.5, 0.6) is 0 Å². The Morgan fingerprint density at radius 2 is 2.44 bits per heavy atom. The molecule has 0 N–H and O–H groups in total. The minimum atomic E-state index is 0.286. The van der Waals surface area contributed by atoms with Gasteiger partial charge in [0, 0.05) is 26.4 Å². The van der Waals surface area contributed by atoms with Gasteiger partial charge < -0.3 is 9.64 Å². The van der Waals surface area contributed by atoms with Crippen molar-refractivity contribution in [3.05, 3.63) is 17.5 Å². The first kappa shape index (κ1) is 11.6. The normalized spacial score (nSPS) is 20.8. The van der Waals surface area contributed by atoms with E-state index < -0.39 is 0 Å². The predicted octanol–water partition coefficient (Wildman–Crippen LogP) is 2.14. The molecule has 1 aliphatic heterocycles. The molecule has 1 aromatic heterocycles. The summed E-state index contributed by atoms with van der Waals surface area (Å²) in [5, 5.41) is 0.286. The Kier molecular flexibility index (Phi) is 3.96. The van der Waals surface area contributed by atoms with E-state index in [0.29, 0.717) is 6.10 Å². The fourth-order valence-electron chi connectivity index (χ4n) is 1.89. The Labute approximate surface area is 101 Å². The lowest BCUT2D eigenvalue weighted by Crippen LogP contribution is -2.33. The van der Waals surface area contributed by atoms with Crippen molar-refractivity contribution in [2.45, 2.75) is 25.4 Å². The molecule has 2 heterocycles. The SMILES string of the molecule is CN(C[C@H]1CCCCO1)c1ccnc(Cl)n1.